The summed E-state index contributed by atoms with van der Waals surface area (Å²) in [5, 5.41) is 15.8. The molecule has 0 unspecified atom stereocenters. The van der Waals surface area contributed by atoms with Crippen LogP contribution in [0.15, 0.2) is 60.7 Å². The smallest absolute Gasteiger partial charge is 0.225 e. The molecule has 0 spiro atoms. The molecule has 2 aromatic carbocycles. The number of anilines is 3. The van der Waals surface area contributed by atoms with Crippen LogP contribution < -0.4 is 10.6 Å². The molecule has 0 amide bonds. The van der Waals surface area contributed by atoms with Crippen molar-refractivity contribution in [3.63, 3.8) is 0 Å². The van der Waals surface area contributed by atoms with Crippen molar-refractivity contribution in [1.29, 1.82) is 0 Å². The highest BCUT2D eigenvalue weighted by atomic mass is 127. The molecule has 6 heteroatoms. The highest BCUT2D eigenvalue weighted by Crippen LogP contribution is 2.25. The topological polar surface area (TPSA) is 70.1 Å². The molecule has 1 heterocycles. The molecular weight excluding hydrogens is 427 g/mol. The first-order valence-corrected chi connectivity index (χ1v) is 9.07. The van der Waals surface area contributed by atoms with Gasteiger partial charge in [0.2, 0.25) is 5.95 Å². The monoisotopic (exact) mass is 446 g/mol. The van der Waals surface area contributed by atoms with E-state index in [0.717, 1.165) is 20.5 Å². The summed E-state index contributed by atoms with van der Waals surface area (Å²) in [5.41, 5.74) is 2.81. The molecule has 0 radical (unpaired) electrons. The summed E-state index contributed by atoms with van der Waals surface area (Å²) in [6.45, 7) is 1.89. The van der Waals surface area contributed by atoms with Crippen LogP contribution in [0.3, 0.4) is 0 Å². The van der Waals surface area contributed by atoms with Crippen LogP contribution in [0.4, 0.5) is 17.5 Å². The lowest BCUT2D eigenvalue weighted by Gasteiger charge is -2.14. The quantitative estimate of drug-likeness (QED) is 0.493. The molecule has 128 valence electrons. The summed E-state index contributed by atoms with van der Waals surface area (Å²) in [6.07, 6.45) is 0. The largest absolute Gasteiger partial charge is 0.394 e. The third kappa shape index (κ3) is 4.67. The van der Waals surface area contributed by atoms with Gasteiger partial charge >= 0.3 is 0 Å². The normalized spacial score (nSPS) is 11.8. The van der Waals surface area contributed by atoms with Gasteiger partial charge in [0.1, 0.15) is 5.82 Å². The van der Waals surface area contributed by atoms with Gasteiger partial charge in [0.25, 0.3) is 0 Å². The second-order valence-electron chi connectivity index (χ2n) is 5.66. The Morgan fingerprint density at radius 2 is 1.76 bits per heavy atom. The Balaban J connectivity index is 1.99. The number of nitrogens with zero attached hydrogens (tertiary/aromatic N) is 2. The van der Waals surface area contributed by atoms with Gasteiger partial charge in [-0.3, -0.25) is 0 Å². The third-order valence-corrected chi connectivity index (χ3v) is 4.52. The van der Waals surface area contributed by atoms with Crippen molar-refractivity contribution < 1.29 is 5.11 Å². The van der Waals surface area contributed by atoms with E-state index in [4.69, 9.17) is 0 Å². The van der Waals surface area contributed by atoms with E-state index in [1.165, 1.54) is 0 Å². The lowest BCUT2D eigenvalue weighted by atomic mass is 10.1. The molecule has 5 nitrogen and oxygen atoms in total. The van der Waals surface area contributed by atoms with E-state index in [2.05, 4.69) is 43.2 Å². The van der Waals surface area contributed by atoms with Crippen LogP contribution in [0.25, 0.3) is 11.3 Å². The maximum Gasteiger partial charge on any atom is 0.225 e. The number of halogens is 1. The number of nitrogens with one attached hydrogen (secondary N) is 2. The minimum atomic E-state index is -0.129. The molecular formula is C19H19IN4O. The SMILES string of the molecule is C[C@H](CO)Nc1nc(Nc2ccccc2I)cc(-c2ccccc2)n1. The molecule has 0 aliphatic heterocycles. The fourth-order valence-electron chi connectivity index (χ4n) is 2.30. The first kappa shape index (κ1) is 17.6. The number of aromatic nitrogens is 2. The van der Waals surface area contributed by atoms with Crippen molar-refractivity contribution in [2.24, 2.45) is 0 Å². The highest BCUT2D eigenvalue weighted by molar-refractivity contribution is 14.1. The third-order valence-electron chi connectivity index (χ3n) is 3.58. The lowest BCUT2D eigenvalue weighted by Crippen LogP contribution is -2.21. The number of hydrogen-bond donors (Lipinski definition) is 3. The van der Waals surface area contributed by atoms with E-state index >= 15 is 0 Å². The van der Waals surface area contributed by atoms with Crippen LogP contribution in [0, 0.1) is 3.57 Å². The minimum Gasteiger partial charge on any atom is -0.394 e. The Morgan fingerprint density at radius 3 is 2.48 bits per heavy atom. The Morgan fingerprint density at radius 1 is 1.04 bits per heavy atom. The fourth-order valence-corrected chi connectivity index (χ4v) is 2.82. The van der Waals surface area contributed by atoms with Gasteiger partial charge in [0, 0.05) is 21.2 Å². The molecule has 1 aromatic heterocycles. The molecule has 0 fully saturated rings. The summed E-state index contributed by atoms with van der Waals surface area (Å²) in [6, 6.07) is 19.8. The number of rotatable bonds is 6. The fraction of sp³-hybridized carbons (Fsp3) is 0.158. The molecule has 0 saturated carbocycles. The van der Waals surface area contributed by atoms with Gasteiger partial charge in [0.05, 0.1) is 18.0 Å². The van der Waals surface area contributed by atoms with Crippen LogP contribution in [-0.4, -0.2) is 27.7 Å². The summed E-state index contributed by atoms with van der Waals surface area (Å²) >= 11 is 2.29. The lowest BCUT2D eigenvalue weighted by molar-refractivity contribution is 0.281. The van der Waals surface area contributed by atoms with Crippen molar-refractivity contribution in [3.05, 3.63) is 64.2 Å². The minimum absolute atomic E-state index is 0.0122. The van der Waals surface area contributed by atoms with E-state index in [9.17, 15) is 5.11 Å². The van der Waals surface area contributed by atoms with Crippen LogP contribution in [0.1, 0.15) is 6.92 Å². The van der Waals surface area contributed by atoms with Gasteiger partial charge in [-0.05, 0) is 41.6 Å². The molecule has 3 N–H and O–H groups in total. The summed E-state index contributed by atoms with van der Waals surface area (Å²) in [7, 11) is 0. The number of para-hydroxylation sites is 1. The molecule has 3 aromatic rings. The van der Waals surface area contributed by atoms with Crippen LogP contribution in [-0.2, 0) is 0 Å². The average molecular weight is 446 g/mol. The van der Waals surface area contributed by atoms with Crippen LogP contribution >= 0.6 is 22.6 Å². The Hall–Kier alpha value is -2.19. The van der Waals surface area contributed by atoms with Gasteiger partial charge in [-0.25, -0.2) is 4.98 Å². The average Bonchev–Trinajstić information content (AvgIpc) is 2.64. The maximum atomic E-state index is 9.29. The van der Waals surface area contributed by atoms with E-state index in [-0.39, 0.29) is 12.6 Å². The van der Waals surface area contributed by atoms with E-state index in [1.54, 1.807) is 0 Å². The zero-order chi connectivity index (χ0) is 17.6. The van der Waals surface area contributed by atoms with Gasteiger partial charge in [0.15, 0.2) is 0 Å². The summed E-state index contributed by atoms with van der Waals surface area (Å²) in [5.74, 6) is 1.18. The molecule has 0 bridgehead atoms. The van der Waals surface area contributed by atoms with Crippen molar-refractivity contribution in [2.45, 2.75) is 13.0 Å². The standard InChI is InChI=1S/C19H19IN4O/c1-13(12-25)21-19-23-17(14-7-3-2-4-8-14)11-18(24-19)22-16-10-6-5-9-15(16)20/h2-11,13,25H,12H2,1H3,(H2,21,22,23,24)/t13-/m1/s1. The van der Waals surface area contributed by atoms with Gasteiger partial charge < -0.3 is 15.7 Å². The Labute approximate surface area is 160 Å². The molecule has 3 rings (SSSR count). The Bertz CT molecular complexity index is 842. The zero-order valence-corrected chi connectivity index (χ0v) is 15.9. The van der Waals surface area contributed by atoms with E-state index in [1.807, 2.05) is 67.6 Å². The second kappa shape index (κ2) is 8.26. The molecule has 0 aliphatic carbocycles. The molecule has 0 saturated heterocycles. The number of hydrogen-bond acceptors (Lipinski definition) is 5. The zero-order valence-electron chi connectivity index (χ0n) is 13.8. The van der Waals surface area contributed by atoms with Crippen molar-refractivity contribution in [2.75, 3.05) is 17.2 Å². The van der Waals surface area contributed by atoms with Crippen molar-refractivity contribution in [3.8, 4) is 11.3 Å². The van der Waals surface area contributed by atoms with Gasteiger partial charge in [-0.2, -0.15) is 4.98 Å². The maximum absolute atomic E-state index is 9.29. The first-order chi connectivity index (χ1) is 12.2. The highest BCUT2D eigenvalue weighted by Gasteiger charge is 2.10. The number of aliphatic hydroxyl groups is 1. The van der Waals surface area contributed by atoms with Crippen molar-refractivity contribution in [1.82, 2.24) is 9.97 Å². The Kier molecular flexibility index (Phi) is 5.83. The summed E-state index contributed by atoms with van der Waals surface area (Å²) in [4.78, 5) is 9.12. The van der Waals surface area contributed by atoms with Gasteiger partial charge in [-0.15, -0.1) is 0 Å². The molecule has 25 heavy (non-hydrogen) atoms. The second-order valence-corrected chi connectivity index (χ2v) is 6.82. The predicted octanol–water partition coefficient (Wildman–Crippen LogP) is 4.28. The number of aliphatic hydroxyl groups excluding tert-OH is 1. The number of benzene rings is 2. The van der Waals surface area contributed by atoms with Gasteiger partial charge in [-0.1, -0.05) is 42.5 Å². The predicted molar refractivity (Wildman–Crippen MR) is 110 cm³/mol. The molecule has 0 aliphatic rings. The van der Waals surface area contributed by atoms with Crippen molar-refractivity contribution >= 4 is 40.0 Å². The van der Waals surface area contributed by atoms with E-state index < -0.39 is 0 Å². The molecule has 1 atom stereocenters. The summed E-state index contributed by atoms with van der Waals surface area (Å²) < 4.78 is 1.11. The first-order valence-electron chi connectivity index (χ1n) is 7.99. The van der Waals surface area contributed by atoms with E-state index in [0.29, 0.717) is 11.8 Å². The van der Waals surface area contributed by atoms with Crippen LogP contribution in [0.2, 0.25) is 0 Å². The van der Waals surface area contributed by atoms with Crippen LogP contribution in [0.5, 0.6) is 0 Å².